The van der Waals surface area contributed by atoms with Crippen molar-refractivity contribution < 1.29 is 9.59 Å². The van der Waals surface area contributed by atoms with Crippen molar-refractivity contribution in [3.63, 3.8) is 0 Å². The maximum absolute atomic E-state index is 12.1. The van der Waals surface area contributed by atoms with Crippen molar-refractivity contribution in [2.45, 2.75) is 12.8 Å². The average molecular weight is 388 g/mol. The van der Waals surface area contributed by atoms with E-state index in [-0.39, 0.29) is 11.6 Å². The third kappa shape index (κ3) is 3.17. The summed E-state index contributed by atoms with van der Waals surface area (Å²) in [4.78, 5) is 24.2. The minimum atomic E-state index is 0.160. The molecule has 2 nitrogen and oxygen atoms in total. The Morgan fingerprint density at radius 2 is 0.600 bits per heavy atom. The molecule has 30 heavy (non-hydrogen) atoms. The van der Waals surface area contributed by atoms with Gasteiger partial charge in [-0.25, -0.2) is 0 Å². The minimum Gasteiger partial charge on any atom is -0.289 e. The zero-order chi connectivity index (χ0) is 20.5. The van der Waals surface area contributed by atoms with Crippen LogP contribution in [0.3, 0.4) is 0 Å². The van der Waals surface area contributed by atoms with E-state index in [1.165, 1.54) is 0 Å². The maximum atomic E-state index is 12.1. The first kappa shape index (κ1) is 18.3. The summed E-state index contributed by atoms with van der Waals surface area (Å²) in [5.74, 6) is 0.319. The Bertz CT molecular complexity index is 1090. The van der Waals surface area contributed by atoms with Gasteiger partial charge in [-0.1, -0.05) is 97.1 Å². The molecule has 4 aromatic carbocycles. The number of rotatable bonds is 0. The zero-order valence-electron chi connectivity index (χ0n) is 16.5. The highest BCUT2D eigenvalue weighted by molar-refractivity contribution is 6.12. The van der Waals surface area contributed by atoms with Gasteiger partial charge in [-0.2, -0.15) is 0 Å². The van der Waals surface area contributed by atoms with Gasteiger partial charge in [-0.05, 0) is 35.1 Å². The molecule has 0 spiro atoms. The molecule has 0 N–H and O–H groups in total. The summed E-state index contributed by atoms with van der Waals surface area (Å²) in [6.45, 7) is 0. The second-order valence-electron chi connectivity index (χ2n) is 7.64. The molecule has 0 saturated carbocycles. The predicted molar refractivity (Wildman–Crippen MR) is 118 cm³/mol. The summed E-state index contributed by atoms with van der Waals surface area (Å²) in [7, 11) is 0. The quantitative estimate of drug-likeness (QED) is 0.337. The van der Waals surface area contributed by atoms with E-state index >= 15 is 0 Å². The van der Waals surface area contributed by atoms with Gasteiger partial charge in [0.1, 0.15) is 0 Å². The topological polar surface area (TPSA) is 34.1 Å². The molecular weight excluding hydrogens is 368 g/mol. The van der Waals surface area contributed by atoms with Gasteiger partial charge in [0.05, 0.1) is 0 Å². The molecule has 0 saturated heterocycles. The second kappa shape index (κ2) is 7.57. The van der Waals surface area contributed by atoms with Crippen LogP contribution in [0.15, 0.2) is 97.1 Å². The number of benzene rings is 4. The zero-order valence-corrected chi connectivity index (χ0v) is 16.5. The lowest BCUT2D eigenvalue weighted by Crippen LogP contribution is -2.14. The van der Waals surface area contributed by atoms with E-state index in [0.717, 1.165) is 57.3 Å². The lowest BCUT2D eigenvalue weighted by atomic mass is 9.85. The first-order chi connectivity index (χ1) is 14.7. The smallest absolute Gasteiger partial charge is 0.193 e. The van der Waals surface area contributed by atoms with Crippen LogP contribution in [-0.2, 0) is 12.8 Å². The summed E-state index contributed by atoms with van der Waals surface area (Å²) < 4.78 is 0. The number of fused-ring (bicyclic) bond motifs is 4. The fourth-order valence-corrected chi connectivity index (χ4v) is 4.28. The van der Waals surface area contributed by atoms with Gasteiger partial charge < -0.3 is 0 Å². The lowest BCUT2D eigenvalue weighted by molar-refractivity contribution is 0.102. The van der Waals surface area contributed by atoms with Crippen molar-refractivity contribution in [1.82, 2.24) is 0 Å². The average Bonchev–Trinajstić information content (AvgIpc) is 2.80. The number of hydrogen-bond donors (Lipinski definition) is 0. The predicted octanol–water partition coefficient (Wildman–Crippen LogP) is 5.64. The van der Waals surface area contributed by atoms with Gasteiger partial charge in [0, 0.05) is 22.3 Å². The molecule has 0 amide bonds. The first-order valence-corrected chi connectivity index (χ1v) is 10.1. The molecule has 4 aromatic rings. The monoisotopic (exact) mass is 388 g/mol. The van der Waals surface area contributed by atoms with E-state index in [2.05, 4.69) is 0 Å². The molecule has 0 fully saturated rings. The summed E-state index contributed by atoms with van der Waals surface area (Å²) >= 11 is 0. The molecule has 2 aliphatic carbocycles. The van der Waals surface area contributed by atoms with Crippen molar-refractivity contribution in [1.29, 1.82) is 0 Å². The first-order valence-electron chi connectivity index (χ1n) is 10.1. The largest absolute Gasteiger partial charge is 0.289 e. The standard InChI is InChI=1S/2C14H10O/c2*15-14-12-7-3-1-5-10(12)9-11-6-2-4-8-13(11)14/h2*1-8H,9H2. The van der Waals surface area contributed by atoms with E-state index in [1.807, 2.05) is 97.1 Å². The van der Waals surface area contributed by atoms with E-state index < -0.39 is 0 Å². The molecule has 144 valence electrons. The van der Waals surface area contributed by atoms with Crippen LogP contribution in [0, 0.1) is 0 Å². The molecule has 0 atom stereocenters. The number of hydrogen-bond acceptors (Lipinski definition) is 2. The van der Waals surface area contributed by atoms with Gasteiger partial charge in [-0.3, -0.25) is 9.59 Å². The fraction of sp³-hybridized carbons (Fsp3) is 0.0714. The molecular formula is C28H20O2. The highest BCUT2D eigenvalue weighted by atomic mass is 16.1. The van der Waals surface area contributed by atoms with Crippen LogP contribution in [-0.4, -0.2) is 11.6 Å². The number of carbonyl (C=O) groups is 2. The fourth-order valence-electron chi connectivity index (χ4n) is 4.28. The van der Waals surface area contributed by atoms with Crippen molar-refractivity contribution in [3.8, 4) is 0 Å². The van der Waals surface area contributed by atoms with Crippen LogP contribution in [0.4, 0.5) is 0 Å². The van der Waals surface area contributed by atoms with Crippen LogP contribution < -0.4 is 0 Å². The molecule has 0 aliphatic heterocycles. The Morgan fingerprint density at radius 1 is 0.367 bits per heavy atom. The van der Waals surface area contributed by atoms with E-state index in [1.54, 1.807) is 0 Å². The minimum absolute atomic E-state index is 0.160. The van der Waals surface area contributed by atoms with Gasteiger partial charge in [0.2, 0.25) is 0 Å². The Labute approximate surface area is 175 Å². The number of carbonyl (C=O) groups excluding carboxylic acids is 2. The Hall–Kier alpha value is -3.78. The molecule has 2 aliphatic rings. The van der Waals surface area contributed by atoms with E-state index in [9.17, 15) is 9.59 Å². The van der Waals surface area contributed by atoms with Crippen LogP contribution >= 0.6 is 0 Å². The SMILES string of the molecule is O=C1c2ccccc2Cc2ccccc21.O=C1c2ccccc2Cc2ccccc21. The van der Waals surface area contributed by atoms with E-state index in [0.29, 0.717) is 0 Å². The Morgan fingerprint density at radius 3 is 0.867 bits per heavy atom. The van der Waals surface area contributed by atoms with Crippen LogP contribution in [0.1, 0.15) is 54.1 Å². The van der Waals surface area contributed by atoms with Crippen LogP contribution in [0.5, 0.6) is 0 Å². The molecule has 0 unspecified atom stereocenters. The van der Waals surface area contributed by atoms with Gasteiger partial charge >= 0.3 is 0 Å². The summed E-state index contributed by atoms with van der Waals surface area (Å²) in [6, 6.07) is 31.4. The van der Waals surface area contributed by atoms with Gasteiger partial charge in [0.25, 0.3) is 0 Å². The number of ketones is 2. The molecule has 0 aromatic heterocycles. The highest BCUT2D eigenvalue weighted by Crippen LogP contribution is 2.27. The molecule has 0 radical (unpaired) electrons. The van der Waals surface area contributed by atoms with Gasteiger partial charge in [-0.15, -0.1) is 0 Å². The normalized spacial score (nSPS) is 13.2. The summed E-state index contributed by atoms with van der Waals surface area (Å²) in [5, 5.41) is 0. The second-order valence-corrected chi connectivity index (χ2v) is 7.64. The molecule has 0 heterocycles. The maximum Gasteiger partial charge on any atom is 0.193 e. The third-order valence-corrected chi connectivity index (χ3v) is 5.81. The highest BCUT2D eigenvalue weighted by Gasteiger charge is 2.22. The summed E-state index contributed by atoms with van der Waals surface area (Å²) in [5.41, 5.74) is 7.99. The Balaban J connectivity index is 0.000000128. The van der Waals surface area contributed by atoms with Gasteiger partial charge in [0.15, 0.2) is 11.6 Å². The molecule has 6 rings (SSSR count). The van der Waals surface area contributed by atoms with E-state index in [4.69, 9.17) is 0 Å². The molecule has 0 bridgehead atoms. The van der Waals surface area contributed by atoms with Crippen LogP contribution in [0.25, 0.3) is 0 Å². The van der Waals surface area contributed by atoms with Crippen LogP contribution in [0.2, 0.25) is 0 Å². The molecule has 2 heteroatoms. The lowest BCUT2D eigenvalue weighted by Gasteiger charge is -2.17. The van der Waals surface area contributed by atoms with Crippen molar-refractivity contribution in [3.05, 3.63) is 142 Å². The van der Waals surface area contributed by atoms with Crippen molar-refractivity contribution >= 4 is 11.6 Å². The third-order valence-electron chi connectivity index (χ3n) is 5.81. The van der Waals surface area contributed by atoms with Crippen molar-refractivity contribution in [2.75, 3.05) is 0 Å². The van der Waals surface area contributed by atoms with Crippen molar-refractivity contribution in [2.24, 2.45) is 0 Å². The summed E-state index contributed by atoms with van der Waals surface area (Å²) in [6.07, 6.45) is 1.75. The Kier molecular flexibility index (Phi) is 4.61.